The Morgan fingerprint density at radius 3 is 2.56 bits per heavy atom. The minimum Gasteiger partial charge on any atom is -0.393 e. The average molecular weight is 272 g/mol. The predicted octanol–water partition coefficient (Wildman–Crippen LogP) is 2.03. The van der Waals surface area contributed by atoms with Gasteiger partial charge in [-0.2, -0.15) is 0 Å². The molecule has 3 saturated heterocycles. The number of rotatable bonds is 2. The van der Waals surface area contributed by atoms with Crippen LogP contribution in [-0.2, 0) is 13.9 Å². The third kappa shape index (κ3) is 1.72. The molecule has 5 heteroatoms. The molecule has 0 amide bonds. The lowest BCUT2D eigenvalue weighted by atomic mass is 10.1. The summed E-state index contributed by atoms with van der Waals surface area (Å²) >= 11 is 0. The second-order valence-corrected chi connectivity index (χ2v) is 12.1. The summed E-state index contributed by atoms with van der Waals surface area (Å²) in [4.78, 5) is 0. The van der Waals surface area contributed by atoms with Gasteiger partial charge in [-0.3, -0.25) is 0 Å². The summed E-state index contributed by atoms with van der Waals surface area (Å²) in [5, 5.41) is 9.98. The molecule has 2 bridgehead atoms. The van der Waals surface area contributed by atoms with Gasteiger partial charge < -0.3 is 19.0 Å². The van der Waals surface area contributed by atoms with Gasteiger partial charge in [0.2, 0.25) is 5.79 Å². The Balaban J connectivity index is 1.79. The van der Waals surface area contributed by atoms with Crippen LogP contribution in [0.3, 0.4) is 0 Å². The number of ether oxygens (including phenoxy) is 2. The van der Waals surface area contributed by atoms with Crippen molar-refractivity contribution < 1.29 is 19.0 Å². The molecule has 0 aromatic carbocycles. The van der Waals surface area contributed by atoms with E-state index < -0.39 is 14.1 Å². The maximum Gasteiger partial charge on any atom is 0.216 e. The van der Waals surface area contributed by atoms with E-state index in [0.29, 0.717) is 12.8 Å². The van der Waals surface area contributed by atoms with Crippen molar-refractivity contribution in [2.75, 3.05) is 0 Å². The maximum atomic E-state index is 9.82. The molecule has 0 aliphatic carbocycles. The number of hydrogen-bond donors (Lipinski definition) is 1. The van der Waals surface area contributed by atoms with Crippen molar-refractivity contribution in [3.05, 3.63) is 0 Å². The molecule has 3 aliphatic heterocycles. The summed E-state index contributed by atoms with van der Waals surface area (Å²) in [6.07, 6.45) is 1.07. The second-order valence-electron chi connectivity index (χ2n) is 7.41. The Morgan fingerprint density at radius 2 is 1.94 bits per heavy atom. The zero-order valence-electron chi connectivity index (χ0n) is 11.9. The van der Waals surface area contributed by atoms with Crippen LogP contribution in [-0.4, -0.2) is 43.6 Å². The van der Waals surface area contributed by atoms with Crippen LogP contribution in [0.1, 0.15) is 33.6 Å². The van der Waals surface area contributed by atoms with Crippen molar-refractivity contribution in [1.29, 1.82) is 0 Å². The maximum absolute atomic E-state index is 9.82. The van der Waals surface area contributed by atoms with Crippen LogP contribution < -0.4 is 0 Å². The molecule has 4 nitrogen and oxygen atoms in total. The third-order valence-corrected chi connectivity index (χ3v) is 9.43. The second kappa shape index (κ2) is 3.58. The van der Waals surface area contributed by atoms with Crippen molar-refractivity contribution in [3.63, 3.8) is 0 Å². The van der Waals surface area contributed by atoms with E-state index in [1.165, 1.54) is 0 Å². The summed E-state index contributed by atoms with van der Waals surface area (Å²) in [5.41, 5.74) is 0. The van der Waals surface area contributed by atoms with E-state index in [4.69, 9.17) is 13.9 Å². The SMILES string of the molecule is CC(C)(C)[Si](C)(C)O[C@]12O[C@H]1[C@@H]1C[C@H](O)C[C@H]2O1. The van der Waals surface area contributed by atoms with E-state index in [-0.39, 0.29) is 29.5 Å². The number of aliphatic hydroxyl groups excluding tert-OH is 1. The Kier molecular flexibility index (Phi) is 2.60. The van der Waals surface area contributed by atoms with Gasteiger partial charge in [0.1, 0.15) is 12.2 Å². The predicted molar refractivity (Wildman–Crippen MR) is 69.8 cm³/mol. The van der Waals surface area contributed by atoms with Gasteiger partial charge in [0.05, 0.1) is 12.2 Å². The smallest absolute Gasteiger partial charge is 0.216 e. The molecule has 5 atom stereocenters. The Bertz CT molecular complexity index is 364. The first-order valence-corrected chi connectivity index (χ1v) is 9.78. The van der Waals surface area contributed by atoms with Gasteiger partial charge >= 0.3 is 0 Å². The molecule has 3 aliphatic rings. The molecule has 0 radical (unpaired) electrons. The highest BCUT2D eigenvalue weighted by atomic mass is 28.4. The van der Waals surface area contributed by atoms with Crippen molar-refractivity contribution in [2.24, 2.45) is 0 Å². The van der Waals surface area contributed by atoms with E-state index in [1.807, 2.05) is 0 Å². The molecular weight excluding hydrogens is 248 g/mol. The highest BCUT2D eigenvalue weighted by Gasteiger charge is 2.75. The zero-order valence-corrected chi connectivity index (χ0v) is 12.9. The summed E-state index contributed by atoms with van der Waals surface area (Å²) in [6.45, 7) is 11.1. The number of hydrogen-bond acceptors (Lipinski definition) is 4. The molecule has 104 valence electrons. The number of fused-ring (bicyclic) bond motifs is 5. The minimum absolute atomic E-state index is 0.0310. The highest BCUT2D eigenvalue weighted by Crippen LogP contribution is 2.58. The number of epoxide rings is 1. The fourth-order valence-electron chi connectivity index (χ4n) is 2.85. The molecule has 3 fully saturated rings. The van der Waals surface area contributed by atoms with Crippen LogP contribution in [0.5, 0.6) is 0 Å². The molecule has 3 rings (SSSR count). The summed E-state index contributed by atoms with van der Waals surface area (Å²) in [7, 11) is -1.87. The van der Waals surface area contributed by atoms with Gasteiger partial charge in [-0.25, -0.2) is 0 Å². The molecule has 0 aromatic rings. The fourth-order valence-corrected chi connectivity index (χ4v) is 4.25. The molecule has 3 heterocycles. The van der Waals surface area contributed by atoms with Crippen LogP contribution in [0.15, 0.2) is 0 Å². The standard InChI is InChI=1S/C13H24O4Si/c1-12(2,3)18(4,5)17-13-10-7-8(14)6-9(15-10)11(13)16-13/h8-11,14H,6-7H2,1-5H3/t8-,9-,10+,11-,13-/m0/s1. The first-order chi connectivity index (χ1) is 8.16. The largest absolute Gasteiger partial charge is 0.393 e. The van der Waals surface area contributed by atoms with Crippen LogP contribution >= 0.6 is 0 Å². The Labute approximate surface area is 110 Å². The van der Waals surface area contributed by atoms with Gasteiger partial charge in [-0.05, 0) is 18.1 Å². The average Bonchev–Trinajstić information content (AvgIpc) is 2.85. The van der Waals surface area contributed by atoms with Gasteiger partial charge in [0.15, 0.2) is 8.32 Å². The van der Waals surface area contributed by atoms with Crippen LogP contribution in [0.2, 0.25) is 18.1 Å². The minimum atomic E-state index is -1.87. The van der Waals surface area contributed by atoms with E-state index in [1.54, 1.807) is 0 Å². The molecule has 0 saturated carbocycles. The molecule has 0 spiro atoms. The quantitative estimate of drug-likeness (QED) is 0.617. The van der Waals surface area contributed by atoms with Gasteiger partial charge in [0.25, 0.3) is 0 Å². The summed E-state index contributed by atoms with van der Waals surface area (Å²) in [5.74, 6) is -0.537. The lowest BCUT2D eigenvalue weighted by molar-refractivity contribution is -0.155. The van der Waals surface area contributed by atoms with Crippen LogP contribution in [0, 0.1) is 0 Å². The zero-order chi connectivity index (χ0) is 13.3. The fraction of sp³-hybridized carbons (Fsp3) is 1.00. The topological polar surface area (TPSA) is 51.2 Å². The molecule has 0 unspecified atom stereocenters. The molecule has 0 aromatic heterocycles. The van der Waals surface area contributed by atoms with Crippen LogP contribution in [0.4, 0.5) is 0 Å². The van der Waals surface area contributed by atoms with Crippen molar-refractivity contribution >= 4 is 8.32 Å². The Hall–Kier alpha value is 0.0569. The third-order valence-electron chi connectivity index (χ3n) is 4.99. The van der Waals surface area contributed by atoms with E-state index in [0.717, 1.165) is 0 Å². The van der Waals surface area contributed by atoms with Crippen molar-refractivity contribution in [3.8, 4) is 0 Å². The van der Waals surface area contributed by atoms with Gasteiger partial charge in [0, 0.05) is 12.8 Å². The highest BCUT2D eigenvalue weighted by molar-refractivity contribution is 6.74. The van der Waals surface area contributed by atoms with Crippen LogP contribution in [0.25, 0.3) is 0 Å². The lowest BCUT2D eigenvalue weighted by Gasteiger charge is -2.40. The Morgan fingerprint density at radius 1 is 1.28 bits per heavy atom. The summed E-state index contributed by atoms with van der Waals surface area (Å²) < 4.78 is 18.2. The molecule has 1 N–H and O–H groups in total. The molecule has 18 heavy (non-hydrogen) atoms. The molecular formula is C13H24O4Si. The lowest BCUT2D eigenvalue weighted by Crippen LogP contribution is -2.49. The summed E-state index contributed by atoms with van der Waals surface area (Å²) in [6, 6.07) is 0. The van der Waals surface area contributed by atoms with Crippen molar-refractivity contribution in [1.82, 2.24) is 0 Å². The van der Waals surface area contributed by atoms with E-state index >= 15 is 0 Å². The van der Waals surface area contributed by atoms with E-state index in [2.05, 4.69) is 33.9 Å². The van der Waals surface area contributed by atoms with Gasteiger partial charge in [-0.15, -0.1) is 0 Å². The first-order valence-electron chi connectivity index (χ1n) is 6.87. The van der Waals surface area contributed by atoms with Crippen molar-refractivity contribution in [2.45, 2.75) is 81.9 Å². The normalized spacial score (nSPS) is 47.0. The van der Waals surface area contributed by atoms with Gasteiger partial charge in [-0.1, -0.05) is 20.8 Å². The number of aliphatic hydroxyl groups is 1. The first kappa shape index (κ1) is 13.1. The van der Waals surface area contributed by atoms with E-state index in [9.17, 15) is 5.11 Å². The monoisotopic (exact) mass is 272 g/mol.